The Morgan fingerprint density at radius 3 is 2.60 bits per heavy atom. The van der Waals surface area contributed by atoms with Gasteiger partial charge in [-0.05, 0) is 13.3 Å². The summed E-state index contributed by atoms with van der Waals surface area (Å²) < 4.78 is 15.6. The fourth-order valence-corrected chi connectivity index (χ4v) is 1.51. The molecule has 1 N–H and O–H groups in total. The summed E-state index contributed by atoms with van der Waals surface area (Å²) in [5, 5.41) is 0.00431. The van der Waals surface area contributed by atoms with Crippen molar-refractivity contribution in [2.24, 2.45) is 0 Å². The van der Waals surface area contributed by atoms with Gasteiger partial charge in [0.2, 0.25) is 0 Å². The van der Waals surface area contributed by atoms with Crippen LogP contribution >= 0.6 is 23.5 Å². The van der Waals surface area contributed by atoms with E-state index in [0.717, 1.165) is 6.42 Å². The van der Waals surface area contributed by atoms with E-state index in [2.05, 4.69) is 15.9 Å². The molecule has 10 heavy (non-hydrogen) atoms. The van der Waals surface area contributed by atoms with Crippen LogP contribution in [0, 0.1) is 0 Å². The third-order valence-corrected chi connectivity index (χ3v) is 3.96. The minimum atomic E-state index is -3.33. The monoisotopic (exact) mass is 230 g/mol. The van der Waals surface area contributed by atoms with Crippen molar-refractivity contribution in [1.82, 2.24) is 0 Å². The minimum absolute atomic E-state index is 0.00431. The number of hydrogen-bond donors (Lipinski definition) is 1. The van der Waals surface area contributed by atoms with Crippen LogP contribution in [0.1, 0.15) is 20.3 Å². The molecule has 2 atom stereocenters. The Hall–Kier alpha value is 0.630. The molecule has 0 saturated carbocycles. The summed E-state index contributed by atoms with van der Waals surface area (Å²) in [6.45, 7) is 3.67. The first-order valence-corrected chi connectivity index (χ1v) is 5.96. The van der Waals surface area contributed by atoms with Crippen LogP contribution < -0.4 is 0 Å². The predicted octanol–water partition coefficient (Wildman–Crippen LogP) is 2.34. The van der Waals surface area contributed by atoms with E-state index in [1.807, 2.05) is 6.92 Å². The number of hydrogen-bond acceptors (Lipinski definition) is 2. The van der Waals surface area contributed by atoms with Gasteiger partial charge in [0.05, 0.1) is 6.10 Å². The molecule has 5 heteroatoms. The van der Waals surface area contributed by atoms with Crippen molar-refractivity contribution in [3.63, 3.8) is 0 Å². The molecule has 62 valence electrons. The van der Waals surface area contributed by atoms with E-state index >= 15 is 0 Å². The maximum atomic E-state index is 10.8. The van der Waals surface area contributed by atoms with E-state index < -0.39 is 7.60 Å². The molecule has 2 unspecified atom stereocenters. The lowest BCUT2D eigenvalue weighted by atomic mass is 10.3. The Balaban J connectivity index is 3.77. The molecule has 0 aliphatic carbocycles. The standard InChI is InChI=1S/C5H12BrO3P/c1-3-5(2)9-10(7,8)4-6/h5H,3-4H2,1-2H3,(H,7,8). The van der Waals surface area contributed by atoms with E-state index in [9.17, 15) is 4.57 Å². The van der Waals surface area contributed by atoms with E-state index in [-0.39, 0.29) is 11.2 Å². The number of halogens is 1. The molecule has 0 amide bonds. The van der Waals surface area contributed by atoms with Crippen LogP contribution in [0.5, 0.6) is 0 Å². The maximum Gasteiger partial charge on any atom is 0.338 e. The van der Waals surface area contributed by atoms with Gasteiger partial charge in [0, 0.05) is 0 Å². The summed E-state index contributed by atoms with van der Waals surface area (Å²) in [5.74, 6) is 0. The van der Waals surface area contributed by atoms with Crippen LogP contribution in [0.2, 0.25) is 0 Å². The Kier molecular flexibility index (Phi) is 4.78. The minimum Gasteiger partial charge on any atom is -0.324 e. The molecule has 0 aromatic rings. The quantitative estimate of drug-likeness (QED) is 0.596. The van der Waals surface area contributed by atoms with Crippen LogP contribution in [0.15, 0.2) is 0 Å². The van der Waals surface area contributed by atoms with Gasteiger partial charge in [-0.3, -0.25) is 4.57 Å². The fraction of sp³-hybridized carbons (Fsp3) is 1.00. The molecule has 0 radical (unpaired) electrons. The molecule has 0 aliphatic heterocycles. The predicted molar refractivity (Wildman–Crippen MR) is 44.5 cm³/mol. The first kappa shape index (κ1) is 10.6. The average Bonchev–Trinajstić information content (AvgIpc) is 1.87. The highest BCUT2D eigenvalue weighted by Gasteiger charge is 2.19. The normalized spacial score (nSPS) is 20.0. The first-order valence-electron chi connectivity index (χ1n) is 3.08. The van der Waals surface area contributed by atoms with Gasteiger partial charge in [0.1, 0.15) is 5.07 Å². The van der Waals surface area contributed by atoms with Crippen molar-refractivity contribution in [3.8, 4) is 0 Å². The Morgan fingerprint density at radius 1 is 1.80 bits per heavy atom. The van der Waals surface area contributed by atoms with Crippen LogP contribution in [0.3, 0.4) is 0 Å². The SMILES string of the molecule is CCC(C)OP(=O)(O)CBr. The van der Waals surface area contributed by atoms with Gasteiger partial charge >= 0.3 is 7.60 Å². The summed E-state index contributed by atoms with van der Waals surface area (Å²) in [6, 6.07) is 0. The van der Waals surface area contributed by atoms with Gasteiger partial charge < -0.3 is 9.42 Å². The van der Waals surface area contributed by atoms with Gasteiger partial charge in [0.15, 0.2) is 0 Å². The van der Waals surface area contributed by atoms with Crippen molar-refractivity contribution in [2.45, 2.75) is 26.4 Å². The van der Waals surface area contributed by atoms with E-state index in [4.69, 9.17) is 9.42 Å². The van der Waals surface area contributed by atoms with Gasteiger partial charge in [0.25, 0.3) is 0 Å². The zero-order chi connectivity index (χ0) is 8.20. The van der Waals surface area contributed by atoms with Crippen molar-refractivity contribution < 1.29 is 14.0 Å². The number of alkyl halides is 1. The maximum absolute atomic E-state index is 10.8. The first-order chi connectivity index (χ1) is 4.52. The molecule has 0 fully saturated rings. The van der Waals surface area contributed by atoms with Crippen molar-refractivity contribution in [1.29, 1.82) is 0 Å². The lowest BCUT2D eigenvalue weighted by Crippen LogP contribution is -2.04. The molecular formula is C5H12BrO3P. The zero-order valence-corrected chi connectivity index (χ0v) is 8.56. The highest BCUT2D eigenvalue weighted by atomic mass is 79.9. The Bertz CT molecular complexity index is 139. The highest BCUT2D eigenvalue weighted by molar-refractivity contribution is 9.10. The van der Waals surface area contributed by atoms with Gasteiger partial charge in [-0.15, -0.1) is 0 Å². The van der Waals surface area contributed by atoms with Crippen LogP contribution in [-0.2, 0) is 9.09 Å². The summed E-state index contributed by atoms with van der Waals surface area (Å²) >= 11 is 2.89. The number of rotatable bonds is 4. The molecule has 0 spiro atoms. The second-order valence-electron chi connectivity index (χ2n) is 2.08. The molecule has 0 rings (SSSR count). The van der Waals surface area contributed by atoms with Gasteiger partial charge in [-0.25, -0.2) is 0 Å². The average molecular weight is 231 g/mol. The van der Waals surface area contributed by atoms with E-state index in [0.29, 0.717) is 0 Å². The van der Waals surface area contributed by atoms with Crippen LogP contribution in [-0.4, -0.2) is 16.1 Å². The molecule has 0 aromatic carbocycles. The second-order valence-corrected chi connectivity index (χ2v) is 5.31. The second kappa shape index (κ2) is 4.50. The Morgan fingerprint density at radius 2 is 2.30 bits per heavy atom. The Labute approximate surface area is 69.4 Å². The summed E-state index contributed by atoms with van der Waals surface area (Å²) in [4.78, 5) is 8.91. The van der Waals surface area contributed by atoms with Crippen molar-refractivity contribution >= 4 is 23.5 Å². The largest absolute Gasteiger partial charge is 0.338 e. The lowest BCUT2D eigenvalue weighted by molar-refractivity contribution is 0.188. The van der Waals surface area contributed by atoms with Crippen LogP contribution in [0.4, 0.5) is 0 Å². The summed E-state index contributed by atoms with van der Waals surface area (Å²) in [6.07, 6.45) is 0.603. The fourth-order valence-electron chi connectivity index (χ4n) is 0.384. The molecule has 0 bridgehead atoms. The van der Waals surface area contributed by atoms with Crippen molar-refractivity contribution in [2.75, 3.05) is 5.07 Å². The molecule has 0 heterocycles. The van der Waals surface area contributed by atoms with Crippen molar-refractivity contribution in [3.05, 3.63) is 0 Å². The molecule has 0 aliphatic rings. The molecule has 0 aromatic heterocycles. The van der Waals surface area contributed by atoms with Gasteiger partial charge in [-0.1, -0.05) is 22.9 Å². The molecule has 3 nitrogen and oxygen atoms in total. The summed E-state index contributed by atoms with van der Waals surface area (Å²) in [5.41, 5.74) is 0. The lowest BCUT2D eigenvalue weighted by Gasteiger charge is -2.13. The van der Waals surface area contributed by atoms with E-state index in [1.54, 1.807) is 6.92 Å². The third-order valence-electron chi connectivity index (χ3n) is 1.07. The smallest absolute Gasteiger partial charge is 0.324 e. The molecule has 0 saturated heterocycles. The highest BCUT2D eigenvalue weighted by Crippen LogP contribution is 2.44. The topological polar surface area (TPSA) is 46.5 Å². The van der Waals surface area contributed by atoms with Gasteiger partial charge in [-0.2, -0.15) is 0 Å². The molecular weight excluding hydrogens is 219 g/mol. The van der Waals surface area contributed by atoms with E-state index in [1.165, 1.54) is 0 Å². The summed E-state index contributed by atoms with van der Waals surface area (Å²) in [7, 11) is -3.33. The third kappa shape index (κ3) is 4.45. The van der Waals surface area contributed by atoms with Crippen LogP contribution in [0.25, 0.3) is 0 Å². The zero-order valence-electron chi connectivity index (χ0n) is 6.08.